The minimum Gasteiger partial charge on any atom is -0.477 e. The molecule has 1 aromatic heterocycles. The van der Waals surface area contributed by atoms with Crippen molar-refractivity contribution in [3.8, 4) is 0 Å². The van der Waals surface area contributed by atoms with E-state index in [1.807, 2.05) is 6.92 Å². The van der Waals surface area contributed by atoms with Gasteiger partial charge in [0.25, 0.3) is 10.2 Å². The zero-order valence-corrected chi connectivity index (χ0v) is 18.8. The van der Waals surface area contributed by atoms with Crippen LogP contribution in [0.25, 0.3) is 0 Å². The van der Waals surface area contributed by atoms with Crippen LogP contribution < -0.4 is 10.5 Å². The van der Waals surface area contributed by atoms with Crippen LogP contribution >= 0.6 is 11.8 Å². The Labute approximate surface area is 187 Å². The molecule has 0 spiro atoms. The molecule has 1 aromatic rings. The van der Waals surface area contributed by atoms with E-state index in [4.69, 9.17) is 5.14 Å². The van der Waals surface area contributed by atoms with Gasteiger partial charge in [0, 0.05) is 35.2 Å². The van der Waals surface area contributed by atoms with E-state index in [-0.39, 0.29) is 48.3 Å². The Bertz CT molecular complexity index is 1080. The van der Waals surface area contributed by atoms with Crippen LogP contribution in [0.5, 0.6) is 0 Å². The quantitative estimate of drug-likeness (QED) is 0.333. The molecule has 2 fully saturated rings. The summed E-state index contributed by atoms with van der Waals surface area (Å²) in [5.74, 6) is -2.83. The number of hydrogen-bond acceptors (Lipinski definition) is 9. The van der Waals surface area contributed by atoms with Gasteiger partial charge < -0.3 is 15.3 Å². The molecule has 4 heterocycles. The lowest BCUT2D eigenvalue weighted by Gasteiger charge is -2.47. The summed E-state index contributed by atoms with van der Waals surface area (Å²) in [5, 5.41) is 28.0. The van der Waals surface area contributed by atoms with Crippen molar-refractivity contribution < 1.29 is 27.9 Å². The highest BCUT2D eigenvalue weighted by Gasteiger charge is 2.60. The van der Waals surface area contributed by atoms with Crippen LogP contribution in [0, 0.1) is 11.8 Å². The number of amides is 2. The van der Waals surface area contributed by atoms with E-state index in [1.54, 1.807) is 6.92 Å². The highest BCUT2D eigenvalue weighted by Crippen LogP contribution is 2.52. The molecule has 0 aromatic carbocycles. The number of aliphatic carboxylic acids is 1. The molecule has 0 radical (unpaired) electrons. The van der Waals surface area contributed by atoms with Gasteiger partial charge in [-0.3, -0.25) is 9.59 Å². The summed E-state index contributed by atoms with van der Waals surface area (Å²) in [6.07, 6.45) is 1.30. The van der Waals surface area contributed by atoms with Crippen molar-refractivity contribution in [3.05, 3.63) is 16.9 Å². The summed E-state index contributed by atoms with van der Waals surface area (Å²) in [7, 11) is -3.78. The number of nitrogens with one attached hydrogen (secondary N) is 1. The first kappa shape index (κ1) is 22.6. The van der Waals surface area contributed by atoms with Crippen LogP contribution in [0.4, 0.5) is 0 Å². The van der Waals surface area contributed by atoms with Gasteiger partial charge in [-0.05, 0) is 17.4 Å². The second-order valence-corrected chi connectivity index (χ2v) is 10.9. The smallest absolute Gasteiger partial charge is 0.353 e. The summed E-state index contributed by atoms with van der Waals surface area (Å²) in [6.45, 7) is 3.79. The molecular weight excluding hydrogens is 464 g/mol. The van der Waals surface area contributed by atoms with Crippen molar-refractivity contribution in [3.63, 3.8) is 0 Å². The molecule has 4 atom stereocenters. The fourth-order valence-electron chi connectivity index (χ4n) is 4.35. The summed E-state index contributed by atoms with van der Waals surface area (Å²) < 4.78 is 25.1. The van der Waals surface area contributed by atoms with Gasteiger partial charge >= 0.3 is 5.97 Å². The maximum absolute atomic E-state index is 12.9. The summed E-state index contributed by atoms with van der Waals surface area (Å²) in [6, 6.07) is -0.940. The summed E-state index contributed by atoms with van der Waals surface area (Å²) in [4.78, 5) is 38.9. The molecule has 16 heteroatoms. The lowest BCUT2D eigenvalue weighted by atomic mass is 9.78. The standard InChI is InChI=1S/C16H22N8O6S2/c1-7-12-11(8(2)19-10(25)5-22-6-18-20-21-22)15(26)24(12)13(16(27)28)14(7)31-9-3-23(4-9)32(17,29)30/h6-9,11-12H,3-5H2,1-2H3,(H,19,25)(H,27,28)(H2,17,29,30)/t7-,8-,11-,12-/m1/s1. The molecule has 174 valence electrons. The SMILES string of the molecule is C[C@@H](NC(=O)Cn1cnnn1)[C@H]1C(=O)N2C(C(=O)O)=C(SC3CN(S(N)(=O)=O)C3)[C@H](C)[C@H]12. The van der Waals surface area contributed by atoms with E-state index in [2.05, 4.69) is 20.8 Å². The van der Waals surface area contributed by atoms with Gasteiger partial charge in [-0.25, -0.2) is 14.6 Å². The van der Waals surface area contributed by atoms with Crippen LogP contribution in [0.15, 0.2) is 16.9 Å². The molecule has 2 saturated heterocycles. The van der Waals surface area contributed by atoms with Crippen molar-refractivity contribution in [2.75, 3.05) is 13.1 Å². The van der Waals surface area contributed by atoms with Crippen molar-refractivity contribution >= 4 is 39.8 Å². The second-order valence-electron chi connectivity index (χ2n) is 8.00. The fraction of sp³-hybridized carbons (Fsp3) is 0.625. The number of carbonyl (C=O) groups excluding carboxylic acids is 2. The van der Waals surface area contributed by atoms with Gasteiger partial charge in [-0.2, -0.15) is 12.7 Å². The van der Waals surface area contributed by atoms with E-state index in [1.165, 1.54) is 27.7 Å². The molecular formula is C16H22N8O6S2. The monoisotopic (exact) mass is 486 g/mol. The minimum absolute atomic E-state index is 0.0741. The third kappa shape index (κ3) is 3.87. The number of nitrogens with zero attached hydrogens (tertiary/aromatic N) is 6. The number of β-lactam (4-membered cyclic amide) rings is 1. The molecule has 2 amide bonds. The number of thioether (sulfide) groups is 1. The topological polar surface area (TPSA) is 194 Å². The second kappa shape index (κ2) is 8.09. The normalized spacial score (nSPS) is 27.0. The average molecular weight is 487 g/mol. The van der Waals surface area contributed by atoms with E-state index in [0.29, 0.717) is 4.91 Å². The first-order valence-electron chi connectivity index (χ1n) is 9.74. The predicted molar refractivity (Wildman–Crippen MR) is 109 cm³/mol. The van der Waals surface area contributed by atoms with Gasteiger partial charge in [0.05, 0.1) is 12.0 Å². The van der Waals surface area contributed by atoms with Crippen LogP contribution in [-0.4, -0.2) is 91.1 Å². The van der Waals surface area contributed by atoms with Crippen molar-refractivity contribution in [1.82, 2.24) is 34.7 Å². The Morgan fingerprint density at radius 3 is 2.66 bits per heavy atom. The van der Waals surface area contributed by atoms with E-state index >= 15 is 0 Å². The van der Waals surface area contributed by atoms with Crippen LogP contribution in [0.2, 0.25) is 0 Å². The van der Waals surface area contributed by atoms with Crippen LogP contribution in [-0.2, 0) is 31.1 Å². The number of carbonyl (C=O) groups is 3. The Morgan fingerprint density at radius 2 is 2.09 bits per heavy atom. The first-order chi connectivity index (χ1) is 15.0. The first-order valence-corrected chi connectivity index (χ1v) is 12.1. The van der Waals surface area contributed by atoms with Gasteiger partial charge in [-0.15, -0.1) is 16.9 Å². The molecule has 3 aliphatic heterocycles. The number of carboxylic acids is 1. The van der Waals surface area contributed by atoms with Crippen molar-refractivity contribution in [2.24, 2.45) is 17.0 Å². The van der Waals surface area contributed by atoms with Crippen LogP contribution in [0.3, 0.4) is 0 Å². The number of tetrazole rings is 1. The lowest BCUT2D eigenvalue weighted by Crippen LogP contribution is -2.66. The number of aromatic nitrogens is 4. The Kier molecular flexibility index (Phi) is 5.72. The molecule has 4 N–H and O–H groups in total. The number of hydrogen-bond donors (Lipinski definition) is 3. The zero-order valence-electron chi connectivity index (χ0n) is 17.2. The Hall–Kier alpha value is -2.56. The lowest BCUT2D eigenvalue weighted by molar-refractivity contribution is -0.158. The molecule has 0 saturated carbocycles. The fourth-order valence-corrected chi connectivity index (χ4v) is 6.83. The zero-order chi connectivity index (χ0) is 23.4. The van der Waals surface area contributed by atoms with Gasteiger partial charge in [0.15, 0.2) is 0 Å². The third-order valence-electron chi connectivity index (χ3n) is 5.88. The molecule has 0 unspecified atom stereocenters. The number of fused-ring (bicyclic) bond motifs is 1. The summed E-state index contributed by atoms with van der Waals surface area (Å²) >= 11 is 1.27. The number of carboxylic acid groups (broad SMARTS) is 1. The molecule has 14 nitrogen and oxygen atoms in total. The average Bonchev–Trinajstić information content (AvgIpc) is 3.21. The number of rotatable bonds is 8. The molecule has 0 aliphatic carbocycles. The highest BCUT2D eigenvalue weighted by atomic mass is 32.2. The molecule has 3 aliphatic rings. The largest absolute Gasteiger partial charge is 0.477 e. The Morgan fingerprint density at radius 1 is 1.41 bits per heavy atom. The van der Waals surface area contributed by atoms with Crippen molar-refractivity contribution in [1.29, 1.82) is 0 Å². The maximum Gasteiger partial charge on any atom is 0.353 e. The molecule has 0 bridgehead atoms. The number of nitrogens with two attached hydrogens (primary N) is 1. The maximum atomic E-state index is 12.9. The van der Waals surface area contributed by atoms with Gasteiger partial charge in [-0.1, -0.05) is 6.92 Å². The van der Waals surface area contributed by atoms with Gasteiger partial charge in [0.2, 0.25) is 11.8 Å². The Balaban J connectivity index is 1.44. The van der Waals surface area contributed by atoms with Crippen LogP contribution in [0.1, 0.15) is 13.8 Å². The van der Waals surface area contributed by atoms with Crippen molar-refractivity contribution in [2.45, 2.75) is 37.7 Å². The van der Waals surface area contributed by atoms with E-state index in [9.17, 15) is 27.9 Å². The van der Waals surface area contributed by atoms with E-state index < -0.39 is 34.2 Å². The third-order valence-corrected chi connectivity index (χ3v) is 8.35. The molecule has 4 rings (SSSR count). The molecule has 32 heavy (non-hydrogen) atoms. The highest BCUT2D eigenvalue weighted by molar-refractivity contribution is 8.04. The predicted octanol–water partition coefficient (Wildman–Crippen LogP) is -2.43. The summed E-state index contributed by atoms with van der Waals surface area (Å²) in [5.41, 5.74) is -0.0741. The minimum atomic E-state index is -3.78. The van der Waals surface area contributed by atoms with Gasteiger partial charge in [0.1, 0.15) is 18.6 Å². The van der Waals surface area contributed by atoms with E-state index in [0.717, 1.165) is 4.31 Å².